The summed E-state index contributed by atoms with van der Waals surface area (Å²) in [6.45, 7) is 5.95. The number of benzene rings is 2. The summed E-state index contributed by atoms with van der Waals surface area (Å²) >= 11 is 15.5. The second kappa shape index (κ2) is 9.38. The van der Waals surface area contributed by atoms with E-state index in [9.17, 15) is 4.79 Å². The lowest BCUT2D eigenvalue weighted by molar-refractivity contribution is -0.121. The van der Waals surface area contributed by atoms with Gasteiger partial charge in [-0.25, -0.2) is 0 Å². The molecule has 0 atom stereocenters. The molecule has 1 aliphatic heterocycles. The predicted octanol–water partition coefficient (Wildman–Crippen LogP) is 5.84. The van der Waals surface area contributed by atoms with Gasteiger partial charge in [0.05, 0.1) is 11.6 Å². The van der Waals surface area contributed by atoms with E-state index < -0.39 is 0 Å². The fraction of sp³-hybridized carbons (Fsp3) is 0.111. The molecule has 0 aliphatic carbocycles. The molecule has 1 aliphatic rings. The third-order valence-corrected chi connectivity index (χ3v) is 5.31. The minimum Gasteiger partial charge on any atom is -0.367 e. The maximum atomic E-state index is 11.7. The lowest BCUT2D eigenvalue weighted by Crippen LogP contribution is -2.33. The monoisotopic (exact) mass is 454 g/mol. The van der Waals surface area contributed by atoms with Gasteiger partial charge in [-0.3, -0.25) is 9.69 Å². The van der Waals surface area contributed by atoms with E-state index in [0.717, 1.165) is 15.7 Å². The predicted molar refractivity (Wildman–Crippen MR) is 115 cm³/mol. The molecule has 0 spiro atoms. The van der Waals surface area contributed by atoms with Gasteiger partial charge in [-0.1, -0.05) is 76.3 Å². The number of thioether (sulfide) groups is 1. The minimum absolute atomic E-state index is 0.135. The Morgan fingerprint density at radius 2 is 1.96 bits per heavy atom. The SMILES string of the molecule is Brc1ccccc1.C=C1SC(=S)N(CNc2ccc(Cl)cc2C)C1=O. The summed E-state index contributed by atoms with van der Waals surface area (Å²) in [7, 11) is 0. The molecule has 1 N–H and O–H groups in total. The summed E-state index contributed by atoms with van der Waals surface area (Å²) < 4.78 is 1.67. The van der Waals surface area contributed by atoms with Gasteiger partial charge in [-0.2, -0.15) is 0 Å². The van der Waals surface area contributed by atoms with Gasteiger partial charge in [0.15, 0.2) is 0 Å². The first kappa shape index (κ1) is 20.0. The number of nitrogens with one attached hydrogen (secondary N) is 1. The van der Waals surface area contributed by atoms with E-state index >= 15 is 0 Å². The molecule has 1 saturated heterocycles. The van der Waals surface area contributed by atoms with Crippen molar-refractivity contribution in [3.05, 3.63) is 75.1 Å². The first-order valence-corrected chi connectivity index (χ1v) is 9.71. The molecule has 25 heavy (non-hydrogen) atoms. The summed E-state index contributed by atoms with van der Waals surface area (Å²) in [5, 5.41) is 3.86. The molecule has 3 rings (SSSR count). The topological polar surface area (TPSA) is 32.3 Å². The zero-order valence-corrected chi connectivity index (χ0v) is 17.4. The Labute approximate surface area is 170 Å². The highest BCUT2D eigenvalue weighted by molar-refractivity contribution is 9.10. The number of halogens is 2. The van der Waals surface area contributed by atoms with Crippen molar-refractivity contribution in [1.82, 2.24) is 4.90 Å². The Morgan fingerprint density at radius 3 is 2.44 bits per heavy atom. The molecule has 3 nitrogen and oxygen atoms in total. The van der Waals surface area contributed by atoms with Crippen LogP contribution in [-0.4, -0.2) is 21.8 Å². The second-order valence-electron chi connectivity index (χ2n) is 5.11. The number of anilines is 1. The van der Waals surface area contributed by atoms with E-state index in [4.69, 9.17) is 23.8 Å². The van der Waals surface area contributed by atoms with Crippen LogP contribution in [0.1, 0.15) is 5.56 Å². The van der Waals surface area contributed by atoms with Gasteiger partial charge in [-0.05, 0) is 42.8 Å². The average Bonchev–Trinajstić information content (AvgIpc) is 2.81. The highest BCUT2D eigenvalue weighted by Gasteiger charge is 2.30. The maximum Gasteiger partial charge on any atom is 0.267 e. The number of hydrogen-bond donors (Lipinski definition) is 1. The summed E-state index contributed by atoms with van der Waals surface area (Å²) in [4.78, 5) is 13.7. The van der Waals surface area contributed by atoms with E-state index in [1.807, 2.05) is 49.4 Å². The summed E-state index contributed by atoms with van der Waals surface area (Å²) in [5.74, 6) is -0.135. The normalized spacial score (nSPS) is 13.6. The number of thiocarbonyl (C=S) groups is 1. The lowest BCUT2D eigenvalue weighted by atomic mass is 10.2. The summed E-state index contributed by atoms with van der Waals surface area (Å²) in [6.07, 6.45) is 0. The first-order chi connectivity index (χ1) is 11.9. The Morgan fingerprint density at radius 1 is 1.28 bits per heavy atom. The van der Waals surface area contributed by atoms with Crippen LogP contribution in [0.3, 0.4) is 0 Å². The van der Waals surface area contributed by atoms with Gasteiger partial charge in [0.25, 0.3) is 5.91 Å². The Kier molecular flexibility index (Phi) is 7.50. The smallest absolute Gasteiger partial charge is 0.267 e. The van der Waals surface area contributed by atoms with Crippen molar-refractivity contribution in [2.45, 2.75) is 6.92 Å². The van der Waals surface area contributed by atoms with Crippen LogP contribution in [0.5, 0.6) is 0 Å². The van der Waals surface area contributed by atoms with Crippen molar-refractivity contribution in [2.24, 2.45) is 0 Å². The molecule has 2 aromatic rings. The Bertz CT molecular complexity index is 799. The molecule has 1 heterocycles. The van der Waals surface area contributed by atoms with Gasteiger partial charge < -0.3 is 5.32 Å². The van der Waals surface area contributed by atoms with Gasteiger partial charge in [-0.15, -0.1) is 0 Å². The van der Waals surface area contributed by atoms with Crippen LogP contribution in [0.25, 0.3) is 0 Å². The van der Waals surface area contributed by atoms with E-state index in [2.05, 4.69) is 27.8 Å². The number of amides is 1. The number of carbonyl (C=O) groups is 1. The fourth-order valence-electron chi connectivity index (χ4n) is 1.98. The zero-order valence-electron chi connectivity index (χ0n) is 13.5. The van der Waals surface area contributed by atoms with Gasteiger partial charge in [0.2, 0.25) is 0 Å². The zero-order chi connectivity index (χ0) is 18.4. The lowest BCUT2D eigenvalue weighted by Gasteiger charge is -2.17. The number of nitrogens with zero attached hydrogens (tertiary/aromatic N) is 1. The molecule has 130 valence electrons. The number of rotatable bonds is 3. The van der Waals surface area contributed by atoms with Crippen molar-refractivity contribution in [2.75, 3.05) is 12.0 Å². The molecule has 0 radical (unpaired) electrons. The number of carbonyl (C=O) groups excluding carboxylic acids is 1. The number of aryl methyl sites for hydroxylation is 1. The Balaban J connectivity index is 0.000000269. The average molecular weight is 456 g/mol. The Hall–Kier alpha value is -1.34. The molecular weight excluding hydrogens is 440 g/mol. The molecule has 0 saturated carbocycles. The van der Waals surface area contributed by atoms with Crippen molar-refractivity contribution in [3.63, 3.8) is 0 Å². The third kappa shape index (κ3) is 5.85. The second-order valence-corrected chi connectivity index (χ2v) is 8.19. The maximum absolute atomic E-state index is 11.7. The van der Waals surface area contributed by atoms with E-state index in [1.165, 1.54) is 16.7 Å². The summed E-state index contributed by atoms with van der Waals surface area (Å²) in [5.41, 5.74) is 1.95. The molecule has 0 aromatic heterocycles. The molecule has 0 unspecified atom stereocenters. The molecular formula is C18H16BrClN2OS2. The van der Waals surface area contributed by atoms with E-state index in [0.29, 0.717) is 20.9 Å². The van der Waals surface area contributed by atoms with E-state index in [-0.39, 0.29) is 5.91 Å². The van der Waals surface area contributed by atoms with Crippen LogP contribution < -0.4 is 5.32 Å². The van der Waals surface area contributed by atoms with Crippen molar-refractivity contribution in [1.29, 1.82) is 0 Å². The van der Waals surface area contributed by atoms with Gasteiger partial charge in [0.1, 0.15) is 4.32 Å². The van der Waals surface area contributed by atoms with Crippen LogP contribution in [0.15, 0.2) is 64.5 Å². The third-order valence-electron chi connectivity index (χ3n) is 3.26. The highest BCUT2D eigenvalue weighted by Crippen LogP contribution is 2.29. The van der Waals surface area contributed by atoms with Crippen LogP contribution in [0.4, 0.5) is 5.69 Å². The highest BCUT2D eigenvalue weighted by atomic mass is 79.9. The molecule has 1 amide bonds. The largest absolute Gasteiger partial charge is 0.367 e. The summed E-state index contributed by atoms with van der Waals surface area (Å²) in [6, 6.07) is 15.5. The van der Waals surface area contributed by atoms with Gasteiger partial charge in [0, 0.05) is 15.2 Å². The van der Waals surface area contributed by atoms with Crippen molar-refractivity contribution >= 4 is 67.4 Å². The van der Waals surface area contributed by atoms with Crippen LogP contribution in [0.2, 0.25) is 5.02 Å². The van der Waals surface area contributed by atoms with Gasteiger partial charge >= 0.3 is 0 Å². The van der Waals surface area contributed by atoms with Crippen LogP contribution in [-0.2, 0) is 4.79 Å². The number of hydrogen-bond acceptors (Lipinski definition) is 4. The van der Waals surface area contributed by atoms with E-state index in [1.54, 1.807) is 6.07 Å². The molecule has 1 fully saturated rings. The molecule has 0 bridgehead atoms. The quantitative estimate of drug-likeness (QED) is 0.465. The van der Waals surface area contributed by atoms with Crippen LogP contribution in [0, 0.1) is 6.92 Å². The molecule has 2 aromatic carbocycles. The first-order valence-electron chi connectivity index (χ1n) is 7.31. The van der Waals surface area contributed by atoms with Crippen molar-refractivity contribution < 1.29 is 4.79 Å². The van der Waals surface area contributed by atoms with Crippen molar-refractivity contribution in [3.8, 4) is 0 Å². The molecule has 7 heteroatoms. The fourth-order valence-corrected chi connectivity index (χ4v) is 3.63. The minimum atomic E-state index is -0.135. The standard InChI is InChI=1S/C12H11ClN2OS2.C6H5Br/c1-7-5-9(13)3-4-10(7)14-6-15-11(16)8(2)18-12(15)17;7-6-4-2-1-3-5-6/h3-5,14H,2,6H2,1H3;1-5H. The van der Waals surface area contributed by atoms with Crippen LogP contribution >= 0.6 is 51.5 Å².